The van der Waals surface area contributed by atoms with Crippen LogP contribution in [-0.4, -0.2) is 9.85 Å². The summed E-state index contributed by atoms with van der Waals surface area (Å²) in [6.07, 6.45) is 1.17. The van der Waals surface area contributed by atoms with Crippen molar-refractivity contribution in [1.29, 1.82) is 0 Å². The fourth-order valence-corrected chi connectivity index (χ4v) is 1.42. The highest BCUT2D eigenvalue weighted by molar-refractivity contribution is 9.10. The lowest BCUT2D eigenvalue weighted by Crippen LogP contribution is -1.96. The van der Waals surface area contributed by atoms with E-state index in [0.717, 1.165) is 0 Å². The van der Waals surface area contributed by atoms with E-state index in [1.807, 2.05) is 0 Å². The van der Waals surface area contributed by atoms with Crippen LogP contribution in [0.2, 0.25) is 0 Å². The summed E-state index contributed by atoms with van der Waals surface area (Å²) in [5.74, 6) is 0. The summed E-state index contributed by atoms with van der Waals surface area (Å²) in [5, 5.41) is 21.1. The van der Waals surface area contributed by atoms with E-state index in [9.17, 15) is 20.2 Å². The second-order valence-electron chi connectivity index (χ2n) is 3.00. The van der Waals surface area contributed by atoms with Gasteiger partial charge in [-0.05, 0) is 12.1 Å². The molecule has 0 aliphatic heterocycles. The molecule has 0 bridgehead atoms. The lowest BCUT2D eigenvalue weighted by molar-refractivity contribution is -0.422. The number of rotatable bonds is 3. The molecule has 0 spiro atoms. The van der Waals surface area contributed by atoms with Crippen molar-refractivity contribution in [1.82, 2.24) is 0 Å². The van der Waals surface area contributed by atoms with Gasteiger partial charge in [0.25, 0.3) is 5.69 Å². The Morgan fingerprint density at radius 3 is 2.50 bits per heavy atom. The van der Waals surface area contributed by atoms with E-state index in [1.54, 1.807) is 6.07 Å². The van der Waals surface area contributed by atoms with Gasteiger partial charge in [-0.25, -0.2) is 0 Å². The predicted octanol–water partition coefficient (Wildman–Crippen LogP) is 2.99. The van der Waals surface area contributed by atoms with Gasteiger partial charge in [-0.1, -0.05) is 15.9 Å². The Balaban J connectivity index is 3.29. The molecular weight excluding hydrogens is 280 g/mol. The standard InChI is InChI=1S/C9H7BrN2O4/c1-6(11(13)14)4-7-2-3-8(10)5-9(7)12(15)16/h2-5H,1H3/b6-4-. The van der Waals surface area contributed by atoms with Gasteiger partial charge in [-0.15, -0.1) is 0 Å². The number of nitro benzene ring substituents is 1. The van der Waals surface area contributed by atoms with Gasteiger partial charge in [0.1, 0.15) is 0 Å². The minimum Gasteiger partial charge on any atom is -0.259 e. The molecule has 6 nitrogen and oxygen atoms in total. The first-order chi connectivity index (χ1) is 7.41. The fraction of sp³-hybridized carbons (Fsp3) is 0.111. The van der Waals surface area contributed by atoms with Crippen molar-refractivity contribution in [2.45, 2.75) is 6.92 Å². The third-order valence-corrected chi connectivity index (χ3v) is 2.33. The monoisotopic (exact) mass is 286 g/mol. The molecule has 84 valence electrons. The lowest BCUT2D eigenvalue weighted by Gasteiger charge is -1.98. The van der Waals surface area contributed by atoms with Crippen LogP contribution in [0.3, 0.4) is 0 Å². The molecule has 1 aromatic rings. The summed E-state index contributed by atoms with van der Waals surface area (Å²) >= 11 is 3.10. The molecule has 0 unspecified atom stereocenters. The molecule has 0 aromatic heterocycles. The summed E-state index contributed by atoms with van der Waals surface area (Å²) in [6, 6.07) is 4.35. The van der Waals surface area contributed by atoms with E-state index in [2.05, 4.69) is 15.9 Å². The molecule has 0 N–H and O–H groups in total. The van der Waals surface area contributed by atoms with Crippen molar-refractivity contribution >= 4 is 27.7 Å². The second-order valence-corrected chi connectivity index (χ2v) is 3.92. The van der Waals surface area contributed by atoms with E-state index >= 15 is 0 Å². The highest BCUT2D eigenvalue weighted by atomic mass is 79.9. The number of halogens is 1. The van der Waals surface area contributed by atoms with Crippen LogP contribution in [0.4, 0.5) is 5.69 Å². The quantitative estimate of drug-likeness (QED) is 0.631. The first-order valence-electron chi connectivity index (χ1n) is 4.18. The lowest BCUT2D eigenvalue weighted by atomic mass is 10.1. The van der Waals surface area contributed by atoms with E-state index in [4.69, 9.17) is 0 Å². The van der Waals surface area contributed by atoms with Gasteiger partial charge in [0, 0.05) is 23.5 Å². The molecule has 1 aromatic carbocycles. The zero-order valence-corrected chi connectivity index (χ0v) is 9.80. The van der Waals surface area contributed by atoms with Crippen molar-refractivity contribution in [3.05, 3.63) is 54.2 Å². The van der Waals surface area contributed by atoms with Crippen LogP contribution < -0.4 is 0 Å². The van der Waals surface area contributed by atoms with Gasteiger partial charge in [-0.3, -0.25) is 20.2 Å². The Kier molecular flexibility index (Phi) is 3.73. The maximum absolute atomic E-state index is 10.7. The maximum Gasteiger partial charge on any atom is 0.277 e. The summed E-state index contributed by atoms with van der Waals surface area (Å²) < 4.78 is 0.551. The molecule has 16 heavy (non-hydrogen) atoms. The topological polar surface area (TPSA) is 86.3 Å². The molecule has 0 radical (unpaired) electrons. The van der Waals surface area contributed by atoms with E-state index < -0.39 is 9.85 Å². The van der Waals surface area contributed by atoms with Crippen LogP contribution in [0.1, 0.15) is 12.5 Å². The highest BCUT2D eigenvalue weighted by Gasteiger charge is 2.14. The minimum absolute atomic E-state index is 0.148. The molecule has 7 heteroatoms. The number of hydrogen-bond donors (Lipinski definition) is 0. The van der Waals surface area contributed by atoms with E-state index in [-0.39, 0.29) is 16.9 Å². The molecule has 0 heterocycles. The summed E-state index contributed by atoms with van der Waals surface area (Å²) in [6.45, 7) is 1.28. The first-order valence-corrected chi connectivity index (χ1v) is 4.97. The Labute approximate surface area is 99.0 Å². The van der Waals surface area contributed by atoms with Crippen LogP contribution in [0.25, 0.3) is 6.08 Å². The average molecular weight is 287 g/mol. The number of allylic oxidation sites excluding steroid dienone is 1. The van der Waals surface area contributed by atoms with Crippen LogP contribution in [0.5, 0.6) is 0 Å². The third kappa shape index (κ3) is 2.86. The van der Waals surface area contributed by atoms with Gasteiger partial charge in [0.05, 0.1) is 15.4 Å². The molecule has 1 rings (SSSR count). The molecule has 0 aliphatic rings. The Morgan fingerprint density at radius 1 is 1.38 bits per heavy atom. The Morgan fingerprint density at radius 2 is 2.00 bits per heavy atom. The number of nitro groups is 2. The van der Waals surface area contributed by atoms with Crippen LogP contribution in [0, 0.1) is 20.2 Å². The molecule has 0 amide bonds. The SMILES string of the molecule is C/C(=C/c1ccc(Br)cc1[N+](=O)[O-])[N+](=O)[O-]. The second kappa shape index (κ2) is 4.84. The van der Waals surface area contributed by atoms with Gasteiger partial charge < -0.3 is 0 Å². The summed E-state index contributed by atoms with van der Waals surface area (Å²) in [7, 11) is 0. The average Bonchev–Trinajstić information content (AvgIpc) is 2.20. The Bertz CT molecular complexity index is 484. The molecule has 0 saturated heterocycles. The van der Waals surface area contributed by atoms with Crippen molar-refractivity contribution in [3.8, 4) is 0 Å². The normalized spacial score (nSPS) is 11.2. The number of benzene rings is 1. The molecule has 0 aliphatic carbocycles. The van der Waals surface area contributed by atoms with Gasteiger partial charge in [-0.2, -0.15) is 0 Å². The molecule has 0 atom stereocenters. The molecule has 0 fully saturated rings. The number of nitrogens with zero attached hydrogens (tertiary/aromatic N) is 2. The van der Waals surface area contributed by atoms with Gasteiger partial charge in [0.2, 0.25) is 5.70 Å². The van der Waals surface area contributed by atoms with E-state index in [0.29, 0.717) is 4.47 Å². The first kappa shape index (κ1) is 12.3. The number of hydrogen-bond acceptors (Lipinski definition) is 4. The largest absolute Gasteiger partial charge is 0.277 e. The maximum atomic E-state index is 10.7. The minimum atomic E-state index is -0.591. The third-order valence-electron chi connectivity index (χ3n) is 1.84. The van der Waals surface area contributed by atoms with Gasteiger partial charge >= 0.3 is 0 Å². The summed E-state index contributed by atoms with van der Waals surface area (Å²) in [4.78, 5) is 19.9. The highest BCUT2D eigenvalue weighted by Crippen LogP contribution is 2.25. The fourth-order valence-electron chi connectivity index (χ4n) is 1.07. The molecule has 0 saturated carbocycles. The zero-order valence-electron chi connectivity index (χ0n) is 8.21. The predicted molar refractivity (Wildman–Crippen MR) is 61.4 cm³/mol. The molecular formula is C9H7BrN2O4. The van der Waals surface area contributed by atoms with E-state index in [1.165, 1.54) is 25.1 Å². The Hall–Kier alpha value is -1.76. The smallest absolute Gasteiger partial charge is 0.259 e. The van der Waals surface area contributed by atoms with Crippen molar-refractivity contribution < 1.29 is 9.85 Å². The van der Waals surface area contributed by atoms with Crippen LogP contribution >= 0.6 is 15.9 Å². The van der Waals surface area contributed by atoms with Crippen molar-refractivity contribution in [2.24, 2.45) is 0 Å². The zero-order chi connectivity index (χ0) is 12.3. The van der Waals surface area contributed by atoms with Crippen LogP contribution in [0.15, 0.2) is 28.4 Å². The van der Waals surface area contributed by atoms with Crippen LogP contribution in [-0.2, 0) is 0 Å². The van der Waals surface area contributed by atoms with Gasteiger partial charge in [0.15, 0.2) is 0 Å². The summed E-state index contributed by atoms with van der Waals surface area (Å²) in [5.41, 5.74) is -0.108. The van der Waals surface area contributed by atoms with Crippen molar-refractivity contribution in [3.63, 3.8) is 0 Å². The van der Waals surface area contributed by atoms with Crippen molar-refractivity contribution in [2.75, 3.05) is 0 Å².